The van der Waals surface area contributed by atoms with Gasteiger partial charge in [-0.05, 0) is 31.9 Å². The highest BCUT2D eigenvalue weighted by molar-refractivity contribution is 5.42. The lowest BCUT2D eigenvalue weighted by atomic mass is 10.1. The molecule has 1 aromatic carbocycles. The Morgan fingerprint density at radius 3 is 2.50 bits per heavy atom. The van der Waals surface area contributed by atoms with E-state index in [1.54, 1.807) is 6.92 Å². The Morgan fingerprint density at radius 1 is 1.27 bits per heavy atom. The fraction of sp³-hybridized carbons (Fsp3) is 0.444. The van der Waals surface area contributed by atoms with E-state index in [1.165, 1.54) is 6.20 Å². The normalized spacial score (nSPS) is 25.5. The van der Waals surface area contributed by atoms with Crippen LogP contribution in [0.2, 0.25) is 0 Å². The minimum atomic E-state index is -1.85. The van der Waals surface area contributed by atoms with Crippen LogP contribution >= 0.6 is 0 Å². The second kappa shape index (κ2) is 7.14. The molecule has 0 radical (unpaired) electrons. The largest absolute Gasteiger partial charge is 0.438 e. The lowest BCUT2D eigenvalue weighted by Crippen LogP contribution is -2.33. The number of nitrogens with zero attached hydrogens (tertiary/aromatic N) is 2. The van der Waals surface area contributed by atoms with Crippen molar-refractivity contribution in [3.63, 3.8) is 0 Å². The Hall–Kier alpha value is -2.29. The van der Waals surface area contributed by atoms with Crippen molar-refractivity contribution in [1.29, 1.82) is 0 Å². The molecule has 0 aliphatic carbocycles. The molecular weight excluding hydrogens is 343 g/mol. The first kappa shape index (κ1) is 18.5. The maximum Gasteiger partial charge on any atom is 0.353 e. The molecule has 2 heterocycles. The van der Waals surface area contributed by atoms with Crippen LogP contribution in [0.15, 0.2) is 29.2 Å². The number of rotatable bonds is 4. The van der Waals surface area contributed by atoms with Crippen LogP contribution in [-0.4, -0.2) is 44.8 Å². The molecule has 0 bridgehead atoms. The maximum atomic E-state index is 14.3. The van der Waals surface area contributed by atoms with E-state index in [9.17, 15) is 14.3 Å². The Balaban J connectivity index is 1.94. The Bertz CT molecular complexity index is 849. The van der Waals surface area contributed by atoms with Crippen molar-refractivity contribution in [2.45, 2.75) is 45.4 Å². The van der Waals surface area contributed by atoms with Crippen molar-refractivity contribution in [3.8, 4) is 11.6 Å². The van der Waals surface area contributed by atoms with Crippen LogP contribution in [0.4, 0.5) is 4.39 Å². The monoisotopic (exact) mass is 364 g/mol. The van der Waals surface area contributed by atoms with Gasteiger partial charge in [-0.2, -0.15) is 4.98 Å². The van der Waals surface area contributed by atoms with Gasteiger partial charge in [-0.15, -0.1) is 0 Å². The minimum absolute atomic E-state index is 0.122. The quantitative estimate of drug-likeness (QED) is 0.855. The van der Waals surface area contributed by atoms with E-state index in [-0.39, 0.29) is 5.88 Å². The third-order valence-electron chi connectivity index (χ3n) is 4.44. The van der Waals surface area contributed by atoms with Gasteiger partial charge in [-0.1, -0.05) is 18.2 Å². The highest BCUT2D eigenvalue weighted by Gasteiger charge is 2.45. The Kier molecular flexibility index (Phi) is 5.08. The number of aliphatic hydroxyl groups excluding tert-OH is 2. The van der Waals surface area contributed by atoms with E-state index in [0.29, 0.717) is 11.3 Å². The maximum absolute atomic E-state index is 14.3. The smallest absolute Gasteiger partial charge is 0.353 e. The van der Waals surface area contributed by atoms with E-state index in [2.05, 4.69) is 4.98 Å². The number of ether oxygens (including phenoxy) is 2. The Morgan fingerprint density at radius 2 is 1.92 bits per heavy atom. The summed E-state index contributed by atoms with van der Waals surface area (Å²) in [5.74, 6) is 0.729. The highest BCUT2D eigenvalue weighted by Crippen LogP contribution is 2.32. The van der Waals surface area contributed by atoms with Crippen LogP contribution < -0.4 is 10.4 Å². The molecule has 3 rings (SSSR count). The van der Waals surface area contributed by atoms with E-state index in [4.69, 9.17) is 14.6 Å². The molecule has 0 amide bonds. The molecular formula is C18H21FN2O5. The van der Waals surface area contributed by atoms with Gasteiger partial charge in [0.25, 0.3) is 0 Å². The average Bonchev–Trinajstić information content (AvgIpc) is 2.89. The van der Waals surface area contributed by atoms with Gasteiger partial charge < -0.3 is 19.7 Å². The number of halogens is 1. The molecule has 140 valence electrons. The molecule has 2 aromatic rings. The van der Waals surface area contributed by atoms with Crippen LogP contribution in [0, 0.1) is 20.8 Å². The van der Waals surface area contributed by atoms with Crippen LogP contribution in [0.5, 0.6) is 11.6 Å². The average molecular weight is 364 g/mol. The third-order valence-corrected chi connectivity index (χ3v) is 4.44. The molecule has 1 fully saturated rings. The zero-order valence-corrected chi connectivity index (χ0v) is 14.7. The molecule has 26 heavy (non-hydrogen) atoms. The molecule has 1 aliphatic heterocycles. The van der Waals surface area contributed by atoms with Crippen molar-refractivity contribution in [3.05, 3.63) is 51.6 Å². The van der Waals surface area contributed by atoms with E-state index < -0.39 is 36.9 Å². The summed E-state index contributed by atoms with van der Waals surface area (Å²) in [6.45, 7) is 4.89. The summed E-state index contributed by atoms with van der Waals surface area (Å²) in [5, 5.41) is 18.9. The van der Waals surface area contributed by atoms with Crippen molar-refractivity contribution in [2.75, 3.05) is 6.61 Å². The summed E-state index contributed by atoms with van der Waals surface area (Å²) < 4.78 is 26.3. The molecule has 0 saturated carbocycles. The van der Waals surface area contributed by atoms with E-state index in [1.807, 2.05) is 32.0 Å². The predicted molar refractivity (Wildman–Crippen MR) is 91.1 cm³/mol. The predicted octanol–water partition coefficient (Wildman–Crippen LogP) is 1.55. The zero-order chi connectivity index (χ0) is 19.0. The Labute approximate surface area is 149 Å². The van der Waals surface area contributed by atoms with Gasteiger partial charge in [-0.25, -0.2) is 9.18 Å². The number of benzene rings is 1. The summed E-state index contributed by atoms with van der Waals surface area (Å²) in [4.78, 5) is 16.3. The summed E-state index contributed by atoms with van der Waals surface area (Å²) in [6, 6.07) is 5.67. The molecule has 7 nitrogen and oxygen atoms in total. The van der Waals surface area contributed by atoms with Gasteiger partial charge in [0.15, 0.2) is 12.4 Å². The van der Waals surface area contributed by atoms with Crippen LogP contribution in [0.25, 0.3) is 0 Å². The summed E-state index contributed by atoms with van der Waals surface area (Å²) in [5.41, 5.74) is 1.53. The lowest BCUT2D eigenvalue weighted by Gasteiger charge is -2.18. The standard InChI is InChI=1S/C18H21FN2O5/c1-9-5-4-6-10(2)15(9)26-16-11(3)7-21(18(24)20-16)17-13(19)14(23)12(8-22)25-17/h4-7,12-14,17,22-23H,8H2,1-3H3/t12?,13?,14-,17+/m1/s1. The number of alkyl halides is 1. The van der Waals surface area contributed by atoms with Crippen molar-refractivity contribution in [2.24, 2.45) is 0 Å². The molecule has 1 aliphatic rings. The first-order chi connectivity index (χ1) is 12.3. The van der Waals surface area contributed by atoms with Crippen molar-refractivity contribution < 1.29 is 24.1 Å². The second-order valence-corrected chi connectivity index (χ2v) is 6.42. The zero-order valence-electron chi connectivity index (χ0n) is 14.7. The number of aliphatic hydroxyl groups is 2. The van der Waals surface area contributed by atoms with Gasteiger partial charge >= 0.3 is 5.69 Å². The first-order valence-corrected chi connectivity index (χ1v) is 8.25. The minimum Gasteiger partial charge on any atom is -0.438 e. The van der Waals surface area contributed by atoms with Gasteiger partial charge in [0, 0.05) is 11.8 Å². The highest BCUT2D eigenvalue weighted by atomic mass is 19.1. The van der Waals surface area contributed by atoms with E-state index >= 15 is 0 Å². The second-order valence-electron chi connectivity index (χ2n) is 6.42. The van der Waals surface area contributed by atoms with Crippen LogP contribution in [-0.2, 0) is 4.74 Å². The van der Waals surface area contributed by atoms with Crippen LogP contribution in [0.1, 0.15) is 22.9 Å². The molecule has 2 unspecified atom stereocenters. The van der Waals surface area contributed by atoms with Crippen molar-refractivity contribution in [1.82, 2.24) is 9.55 Å². The fourth-order valence-electron chi connectivity index (χ4n) is 2.97. The summed E-state index contributed by atoms with van der Waals surface area (Å²) in [6.07, 6.45) is -4.43. The number of aromatic nitrogens is 2. The van der Waals surface area contributed by atoms with Gasteiger partial charge in [0.2, 0.25) is 5.88 Å². The molecule has 1 aromatic heterocycles. The fourth-order valence-corrected chi connectivity index (χ4v) is 2.97. The van der Waals surface area contributed by atoms with Gasteiger partial charge in [-0.3, -0.25) is 4.57 Å². The summed E-state index contributed by atoms with van der Waals surface area (Å²) in [7, 11) is 0. The lowest BCUT2D eigenvalue weighted by molar-refractivity contribution is -0.0492. The first-order valence-electron chi connectivity index (χ1n) is 8.25. The topological polar surface area (TPSA) is 93.8 Å². The number of para-hydroxylation sites is 1. The van der Waals surface area contributed by atoms with Crippen molar-refractivity contribution >= 4 is 0 Å². The van der Waals surface area contributed by atoms with E-state index in [0.717, 1.165) is 15.7 Å². The third kappa shape index (κ3) is 3.23. The SMILES string of the molecule is Cc1cn([C@H]2OC(CO)[C@@H](O)C2F)c(=O)nc1Oc1c(C)cccc1C. The number of aryl methyl sites for hydroxylation is 3. The molecule has 1 saturated heterocycles. The number of hydrogen-bond acceptors (Lipinski definition) is 6. The molecule has 2 N–H and O–H groups in total. The number of hydrogen-bond donors (Lipinski definition) is 2. The molecule has 8 heteroatoms. The summed E-state index contributed by atoms with van der Waals surface area (Å²) >= 11 is 0. The molecule has 0 spiro atoms. The molecule has 4 atom stereocenters. The van der Waals surface area contributed by atoms with Crippen LogP contribution in [0.3, 0.4) is 0 Å². The van der Waals surface area contributed by atoms with Gasteiger partial charge in [0.1, 0.15) is 18.0 Å². The van der Waals surface area contributed by atoms with Gasteiger partial charge in [0.05, 0.1) is 6.61 Å².